The van der Waals surface area contributed by atoms with Gasteiger partial charge in [-0.05, 0) is 43.4 Å². The SMILES string of the molecule is Cc1ccc(CC(=O)NCc2ccc(S(=O)(=O)N3CCC(C)CC3)s2)cc1. The van der Waals surface area contributed by atoms with Crippen molar-refractivity contribution in [3.63, 3.8) is 0 Å². The number of hydrogen-bond acceptors (Lipinski definition) is 4. The van der Waals surface area contributed by atoms with E-state index < -0.39 is 10.0 Å². The normalized spacial score (nSPS) is 16.4. The second-order valence-electron chi connectivity index (χ2n) is 7.25. The van der Waals surface area contributed by atoms with Crippen LogP contribution in [0.4, 0.5) is 0 Å². The molecule has 5 nitrogen and oxygen atoms in total. The summed E-state index contributed by atoms with van der Waals surface area (Å²) in [5, 5.41) is 2.88. The van der Waals surface area contributed by atoms with Gasteiger partial charge in [0.05, 0.1) is 13.0 Å². The maximum atomic E-state index is 12.8. The Labute approximate surface area is 165 Å². The van der Waals surface area contributed by atoms with Crippen LogP contribution in [0, 0.1) is 12.8 Å². The lowest BCUT2D eigenvalue weighted by atomic mass is 10.0. The third-order valence-corrected chi connectivity index (χ3v) is 8.37. The molecule has 1 aromatic carbocycles. The first-order valence-corrected chi connectivity index (χ1v) is 11.5. The molecule has 1 fully saturated rings. The molecule has 1 amide bonds. The number of aryl methyl sites for hydroxylation is 1. The molecule has 7 heteroatoms. The monoisotopic (exact) mass is 406 g/mol. The van der Waals surface area contributed by atoms with Gasteiger partial charge in [-0.1, -0.05) is 36.8 Å². The topological polar surface area (TPSA) is 66.5 Å². The molecular formula is C20H26N2O3S2. The summed E-state index contributed by atoms with van der Waals surface area (Å²) in [5.74, 6) is 0.515. The van der Waals surface area contributed by atoms with Crippen LogP contribution in [-0.4, -0.2) is 31.7 Å². The largest absolute Gasteiger partial charge is 0.351 e. The predicted octanol–water partition coefficient (Wildman–Crippen LogP) is 3.34. The first-order chi connectivity index (χ1) is 12.8. The van der Waals surface area contributed by atoms with E-state index in [4.69, 9.17) is 0 Å². The van der Waals surface area contributed by atoms with Crippen molar-refractivity contribution in [1.82, 2.24) is 9.62 Å². The molecule has 3 rings (SSSR count). The Morgan fingerprint density at radius 2 is 1.81 bits per heavy atom. The Balaban J connectivity index is 1.56. The molecular weight excluding hydrogens is 380 g/mol. The molecule has 2 aromatic rings. The van der Waals surface area contributed by atoms with Crippen molar-refractivity contribution in [2.45, 2.75) is 43.9 Å². The third-order valence-electron chi connectivity index (χ3n) is 4.92. The van der Waals surface area contributed by atoms with Crippen molar-refractivity contribution in [3.05, 3.63) is 52.4 Å². The number of nitrogens with zero attached hydrogens (tertiary/aromatic N) is 1. The summed E-state index contributed by atoms with van der Waals surface area (Å²) in [7, 11) is -3.42. The number of sulfonamides is 1. The molecule has 0 saturated carbocycles. The van der Waals surface area contributed by atoms with Gasteiger partial charge in [0.15, 0.2) is 0 Å². The van der Waals surface area contributed by atoms with Crippen LogP contribution in [-0.2, 0) is 27.8 Å². The minimum atomic E-state index is -3.42. The van der Waals surface area contributed by atoms with Crippen LogP contribution in [0.3, 0.4) is 0 Å². The van der Waals surface area contributed by atoms with Gasteiger partial charge >= 0.3 is 0 Å². The summed E-state index contributed by atoms with van der Waals surface area (Å²) < 4.78 is 27.5. The summed E-state index contributed by atoms with van der Waals surface area (Å²) >= 11 is 1.24. The lowest BCUT2D eigenvalue weighted by molar-refractivity contribution is -0.120. The van der Waals surface area contributed by atoms with E-state index in [0.29, 0.717) is 36.2 Å². The van der Waals surface area contributed by atoms with Crippen LogP contribution in [0.5, 0.6) is 0 Å². The number of benzene rings is 1. The van der Waals surface area contributed by atoms with Crippen LogP contribution < -0.4 is 5.32 Å². The van der Waals surface area contributed by atoms with Gasteiger partial charge in [0.25, 0.3) is 10.0 Å². The Morgan fingerprint density at radius 3 is 2.48 bits per heavy atom. The van der Waals surface area contributed by atoms with Crippen LogP contribution in [0.2, 0.25) is 0 Å². The molecule has 2 heterocycles. The highest BCUT2D eigenvalue weighted by Crippen LogP contribution is 2.28. The fraction of sp³-hybridized carbons (Fsp3) is 0.450. The quantitative estimate of drug-likeness (QED) is 0.800. The van der Waals surface area contributed by atoms with Gasteiger partial charge < -0.3 is 5.32 Å². The number of piperidine rings is 1. The zero-order valence-electron chi connectivity index (χ0n) is 15.8. The van der Waals surface area contributed by atoms with E-state index in [1.807, 2.05) is 31.2 Å². The summed E-state index contributed by atoms with van der Waals surface area (Å²) in [5.41, 5.74) is 2.13. The fourth-order valence-electron chi connectivity index (χ4n) is 3.08. The first-order valence-electron chi connectivity index (χ1n) is 9.25. The van der Waals surface area contributed by atoms with E-state index in [0.717, 1.165) is 28.8 Å². The molecule has 1 N–H and O–H groups in total. The van der Waals surface area contributed by atoms with E-state index >= 15 is 0 Å². The smallest absolute Gasteiger partial charge is 0.252 e. The van der Waals surface area contributed by atoms with Crippen molar-refractivity contribution in [1.29, 1.82) is 0 Å². The lowest BCUT2D eigenvalue weighted by Crippen LogP contribution is -2.37. The van der Waals surface area contributed by atoms with Crippen LogP contribution in [0.25, 0.3) is 0 Å². The minimum absolute atomic E-state index is 0.0679. The summed E-state index contributed by atoms with van der Waals surface area (Å²) in [6.45, 7) is 5.69. The van der Waals surface area contributed by atoms with Gasteiger partial charge in [0, 0.05) is 18.0 Å². The molecule has 1 aliphatic rings. The standard InChI is InChI=1S/C20H26N2O3S2/c1-15-3-5-17(6-4-15)13-19(23)21-14-18-7-8-20(26-18)27(24,25)22-11-9-16(2)10-12-22/h3-8,16H,9-14H2,1-2H3,(H,21,23). The van der Waals surface area contributed by atoms with Gasteiger partial charge in [-0.2, -0.15) is 4.31 Å². The maximum absolute atomic E-state index is 12.8. The number of carbonyl (C=O) groups excluding carboxylic acids is 1. The molecule has 0 unspecified atom stereocenters. The molecule has 0 radical (unpaired) electrons. The molecule has 1 aromatic heterocycles. The van der Waals surface area contributed by atoms with E-state index in [9.17, 15) is 13.2 Å². The van der Waals surface area contributed by atoms with Gasteiger partial charge in [-0.3, -0.25) is 4.79 Å². The molecule has 0 spiro atoms. The van der Waals surface area contributed by atoms with Gasteiger partial charge in [0.1, 0.15) is 4.21 Å². The van der Waals surface area contributed by atoms with Crippen molar-refractivity contribution in [2.24, 2.45) is 5.92 Å². The molecule has 0 aliphatic carbocycles. The average Bonchev–Trinajstić information content (AvgIpc) is 3.12. The van der Waals surface area contributed by atoms with Gasteiger partial charge in [-0.15, -0.1) is 11.3 Å². The first kappa shape index (κ1) is 20.0. The zero-order valence-corrected chi connectivity index (χ0v) is 17.4. The van der Waals surface area contributed by atoms with E-state index in [2.05, 4.69) is 12.2 Å². The number of nitrogens with one attached hydrogen (secondary N) is 1. The van der Waals surface area contributed by atoms with Crippen molar-refractivity contribution in [3.8, 4) is 0 Å². The minimum Gasteiger partial charge on any atom is -0.351 e. The third kappa shape index (κ3) is 5.18. The highest BCUT2D eigenvalue weighted by atomic mass is 32.2. The summed E-state index contributed by atoms with van der Waals surface area (Å²) in [6, 6.07) is 11.3. The van der Waals surface area contributed by atoms with Gasteiger partial charge in [-0.25, -0.2) is 8.42 Å². The van der Waals surface area contributed by atoms with E-state index in [-0.39, 0.29) is 5.91 Å². The number of rotatable bonds is 6. The number of thiophene rings is 1. The molecule has 1 saturated heterocycles. The van der Waals surface area contributed by atoms with Gasteiger partial charge in [0.2, 0.25) is 5.91 Å². The maximum Gasteiger partial charge on any atom is 0.252 e. The predicted molar refractivity (Wildman–Crippen MR) is 108 cm³/mol. The highest BCUT2D eigenvalue weighted by Gasteiger charge is 2.29. The summed E-state index contributed by atoms with van der Waals surface area (Å²) in [4.78, 5) is 13.0. The van der Waals surface area contributed by atoms with Crippen LogP contribution in [0.15, 0.2) is 40.6 Å². The average molecular weight is 407 g/mol. The van der Waals surface area contributed by atoms with E-state index in [1.165, 1.54) is 11.3 Å². The highest BCUT2D eigenvalue weighted by molar-refractivity contribution is 7.91. The molecule has 1 aliphatic heterocycles. The molecule has 0 bridgehead atoms. The number of hydrogen-bond donors (Lipinski definition) is 1. The zero-order chi connectivity index (χ0) is 19.4. The van der Waals surface area contributed by atoms with E-state index in [1.54, 1.807) is 16.4 Å². The lowest BCUT2D eigenvalue weighted by Gasteiger charge is -2.28. The van der Waals surface area contributed by atoms with Crippen LogP contribution >= 0.6 is 11.3 Å². The molecule has 146 valence electrons. The second kappa shape index (κ2) is 8.54. The van der Waals surface area contributed by atoms with Crippen molar-refractivity contribution >= 4 is 27.3 Å². The second-order valence-corrected chi connectivity index (χ2v) is 10.6. The number of carbonyl (C=O) groups is 1. The Morgan fingerprint density at radius 1 is 1.15 bits per heavy atom. The Hall–Kier alpha value is -1.70. The molecule has 0 atom stereocenters. The summed E-state index contributed by atoms with van der Waals surface area (Å²) in [6.07, 6.45) is 2.14. The van der Waals surface area contributed by atoms with Crippen LogP contribution in [0.1, 0.15) is 35.8 Å². The Kier molecular flexibility index (Phi) is 6.34. The number of amides is 1. The molecule has 27 heavy (non-hydrogen) atoms. The van der Waals surface area contributed by atoms with Crippen molar-refractivity contribution < 1.29 is 13.2 Å². The van der Waals surface area contributed by atoms with Crippen molar-refractivity contribution in [2.75, 3.05) is 13.1 Å². The Bertz CT molecular complexity index is 880. The fourth-order valence-corrected chi connectivity index (χ4v) is 6.00.